The minimum Gasteiger partial charge on any atom is -0.492 e. The van der Waals surface area contributed by atoms with Crippen LogP contribution in [0.2, 0.25) is 0 Å². The number of amides is 2. The molecule has 0 aliphatic rings. The number of hydrogen-bond donors (Lipinski definition) is 2. The van der Waals surface area contributed by atoms with Crippen LogP contribution in [0.4, 0.5) is 9.18 Å². The van der Waals surface area contributed by atoms with E-state index in [9.17, 15) is 9.18 Å². The molecule has 0 bridgehead atoms. The molecule has 0 radical (unpaired) electrons. The Labute approximate surface area is 182 Å². The van der Waals surface area contributed by atoms with Gasteiger partial charge in [-0.2, -0.15) is 0 Å². The maximum absolute atomic E-state index is 12.9. The minimum atomic E-state index is -0.311. The summed E-state index contributed by atoms with van der Waals surface area (Å²) in [6.45, 7) is 1.96. The summed E-state index contributed by atoms with van der Waals surface area (Å²) in [6, 6.07) is 22.1. The van der Waals surface area contributed by atoms with Gasteiger partial charge >= 0.3 is 6.03 Å². The van der Waals surface area contributed by atoms with Crippen LogP contribution in [0.25, 0.3) is 11.1 Å². The van der Waals surface area contributed by atoms with Crippen molar-refractivity contribution in [2.45, 2.75) is 13.1 Å². The average molecular weight is 422 g/mol. The molecule has 0 atom stereocenters. The Morgan fingerprint density at radius 3 is 2.35 bits per heavy atom. The highest BCUT2D eigenvalue weighted by molar-refractivity contribution is 5.74. The molecule has 0 aromatic heterocycles. The molecule has 5 nitrogen and oxygen atoms in total. The highest BCUT2D eigenvalue weighted by Gasteiger charge is 2.07. The number of benzene rings is 3. The summed E-state index contributed by atoms with van der Waals surface area (Å²) in [7, 11) is 4.10. The molecule has 0 heterocycles. The number of hydrogen-bond acceptors (Lipinski definition) is 3. The van der Waals surface area contributed by atoms with Gasteiger partial charge in [-0.3, -0.25) is 0 Å². The van der Waals surface area contributed by atoms with Crippen LogP contribution in [0.15, 0.2) is 72.8 Å². The predicted molar refractivity (Wildman–Crippen MR) is 121 cm³/mol. The van der Waals surface area contributed by atoms with Crippen molar-refractivity contribution >= 4 is 6.03 Å². The van der Waals surface area contributed by atoms with Crippen LogP contribution in [0.3, 0.4) is 0 Å². The second kappa shape index (κ2) is 11.1. The summed E-state index contributed by atoms with van der Waals surface area (Å²) in [4.78, 5) is 14.3. The van der Waals surface area contributed by atoms with Crippen molar-refractivity contribution in [3.8, 4) is 16.9 Å². The number of nitrogens with one attached hydrogen (secondary N) is 2. The third-order valence-corrected chi connectivity index (χ3v) is 4.69. The zero-order valence-corrected chi connectivity index (χ0v) is 17.9. The van der Waals surface area contributed by atoms with Gasteiger partial charge in [0, 0.05) is 13.1 Å². The van der Waals surface area contributed by atoms with Gasteiger partial charge < -0.3 is 20.3 Å². The third-order valence-electron chi connectivity index (χ3n) is 4.69. The largest absolute Gasteiger partial charge is 0.492 e. The first-order valence-electron chi connectivity index (χ1n) is 10.2. The lowest BCUT2D eigenvalue weighted by molar-refractivity contribution is 0.236. The molecule has 3 rings (SSSR count). The fourth-order valence-corrected chi connectivity index (χ4v) is 3.21. The Hall–Kier alpha value is -3.38. The fourth-order valence-electron chi connectivity index (χ4n) is 3.21. The summed E-state index contributed by atoms with van der Waals surface area (Å²) in [5.41, 5.74) is 4.51. The number of nitrogens with zero attached hydrogens (tertiary/aromatic N) is 1. The Bertz CT molecular complexity index is 973. The summed E-state index contributed by atoms with van der Waals surface area (Å²) in [6.07, 6.45) is 0. The summed E-state index contributed by atoms with van der Waals surface area (Å²) < 4.78 is 18.4. The van der Waals surface area contributed by atoms with Crippen molar-refractivity contribution < 1.29 is 13.9 Å². The normalized spacial score (nSPS) is 10.7. The highest BCUT2D eigenvalue weighted by Crippen LogP contribution is 2.24. The number of carbonyl (C=O) groups excluding carboxylic acids is 1. The van der Waals surface area contributed by atoms with Crippen molar-refractivity contribution in [1.82, 2.24) is 15.5 Å². The van der Waals surface area contributed by atoms with Crippen molar-refractivity contribution in [1.29, 1.82) is 0 Å². The molecule has 0 aliphatic heterocycles. The van der Waals surface area contributed by atoms with E-state index in [0.29, 0.717) is 25.4 Å². The lowest BCUT2D eigenvalue weighted by atomic mass is 9.98. The Morgan fingerprint density at radius 1 is 0.935 bits per heavy atom. The Kier molecular flexibility index (Phi) is 8.01. The summed E-state index contributed by atoms with van der Waals surface area (Å²) >= 11 is 0. The predicted octanol–water partition coefficient (Wildman–Crippen LogP) is 4.43. The van der Waals surface area contributed by atoms with Gasteiger partial charge in [0.2, 0.25) is 0 Å². The molecule has 2 amide bonds. The molecule has 3 aromatic carbocycles. The number of halogens is 1. The first-order valence-corrected chi connectivity index (χ1v) is 10.2. The van der Waals surface area contributed by atoms with Gasteiger partial charge in [-0.05, 0) is 60.6 Å². The lowest BCUT2D eigenvalue weighted by Gasteiger charge is -2.13. The van der Waals surface area contributed by atoms with E-state index in [1.165, 1.54) is 17.7 Å². The van der Waals surface area contributed by atoms with Gasteiger partial charge in [-0.25, -0.2) is 9.18 Å². The van der Waals surface area contributed by atoms with Crippen LogP contribution in [0.1, 0.15) is 11.1 Å². The van der Waals surface area contributed by atoms with E-state index >= 15 is 0 Å². The molecule has 162 valence electrons. The Morgan fingerprint density at radius 2 is 1.65 bits per heavy atom. The van der Waals surface area contributed by atoms with E-state index in [-0.39, 0.29) is 11.8 Å². The summed E-state index contributed by atoms with van der Waals surface area (Å²) in [5.74, 6) is 0.253. The van der Waals surface area contributed by atoms with Gasteiger partial charge in [-0.1, -0.05) is 48.5 Å². The number of urea groups is 1. The first kappa shape index (κ1) is 22.3. The van der Waals surface area contributed by atoms with E-state index < -0.39 is 0 Å². The van der Waals surface area contributed by atoms with Crippen LogP contribution < -0.4 is 15.4 Å². The van der Waals surface area contributed by atoms with E-state index in [0.717, 1.165) is 23.2 Å². The molecule has 31 heavy (non-hydrogen) atoms. The highest BCUT2D eigenvalue weighted by atomic mass is 19.1. The molecule has 0 aliphatic carbocycles. The minimum absolute atomic E-state index is 0.265. The van der Waals surface area contributed by atoms with E-state index in [4.69, 9.17) is 4.74 Å². The first-order chi connectivity index (χ1) is 15.0. The van der Waals surface area contributed by atoms with Gasteiger partial charge in [-0.15, -0.1) is 0 Å². The number of ether oxygens (including phenoxy) is 1. The van der Waals surface area contributed by atoms with Crippen molar-refractivity contribution in [2.75, 3.05) is 27.2 Å². The van der Waals surface area contributed by atoms with Crippen molar-refractivity contribution in [3.05, 3.63) is 89.7 Å². The van der Waals surface area contributed by atoms with Gasteiger partial charge in [0.05, 0.1) is 6.54 Å². The zero-order chi connectivity index (χ0) is 22.1. The monoisotopic (exact) mass is 421 g/mol. The number of rotatable bonds is 9. The molecule has 0 unspecified atom stereocenters. The molecule has 0 fully saturated rings. The molecule has 6 heteroatoms. The topological polar surface area (TPSA) is 53.6 Å². The van der Waals surface area contributed by atoms with E-state index in [2.05, 4.69) is 60.0 Å². The van der Waals surface area contributed by atoms with E-state index in [1.54, 1.807) is 12.1 Å². The van der Waals surface area contributed by atoms with Crippen LogP contribution >= 0.6 is 0 Å². The quantitative estimate of drug-likeness (QED) is 0.503. The van der Waals surface area contributed by atoms with E-state index in [1.807, 2.05) is 18.2 Å². The second-order valence-electron chi connectivity index (χ2n) is 7.50. The molecule has 2 N–H and O–H groups in total. The molecular weight excluding hydrogens is 393 g/mol. The maximum atomic E-state index is 12.9. The van der Waals surface area contributed by atoms with Crippen LogP contribution in [-0.4, -0.2) is 38.2 Å². The smallest absolute Gasteiger partial charge is 0.315 e. The third kappa shape index (κ3) is 7.12. The second-order valence-corrected chi connectivity index (χ2v) is 7.50. The van der Waals surface area contributed by atoms with Gasteiger partial charge in [0.15, 0.2) is 0 Å². The lowest BCUT2D eigenvalue weighted by Crippen LogP contribution is -2.37. The maximum Gasteiger partial charge on any atom is 0.315 e. The van der Waals surface area contributed by atoms with Crippen LogP contribution in [0.5, 0.6) is 5.75 Å². The van der Waals surface area contributed by atoms with Crippen molar-refractivity contribution in [3.63, 3.8) is 0 Å². The molecular formula is C25H28FN3O2. The Balaban J connectivity index is 1.49. The van der Waals surface area contributed by atoms with Crippen LogP contribution in [-0.2, 0) is 13.1 Å². The van der Waals surface area contributed by atoms with Gasteiger partial charge in [0.25, 0.3) is 0 Å². The standard InChI is InChI=1S/C25H28FN3O2/c1-29(2)18-19-7-9-20(10-8-19)24-6-4-3-5-21(24)17-28-25(30)27-15-16-31-23-13-11-22(26)12-14-23/h3-14H,15-18H2,1-2H3,(H2,27,28,30). The summed E-state index contributed by atoms with van der Waals surface area (Å²) in [5, 5.41) is 5.66. The van der Waals surface area contributed by atoms with Crippen molar-refractivity contribution in [2.24, 2.45) is 0 Å². The molecule has 0 saturated heterocycles. The fraction of sp³-hybridized carbons (Fsp3) is 0.240. The van der Waals surface area contributed by atoms with Crippen LogP contribution in [0, 0.1) is 5.82 Å². The average Bonchev–Trinajstić information content (AvgIpc) is 2.77. The zero-order valence-electron chi connectivity index (χ0n) is 17.9. The van der Waals surface area contributed by atoms with Gasteiger partial charge in [0.1, 0.15) is 18.2 Å². The molecule has 3 aromatic rings. The SMILES string of the molecule is CN(C)Cc1ccc(-c2ccccc2CNC(=O)NCCOc2ccc(F)cc2)cc1. The molecule has 0 spiro atoms. The number of carbonyl (C=O) groups is 1. The molecule has 0 saturated carbocycles.